The number of carbonyl (C=O) groups is 1. The number of hydrogen-bond donors (Lipinski definition) is 1. The zero-order chi connectivity index (χ0) is 21.0. The summed E-state index contributed by atoms with van der Waals surface area (Å²) in [6.45, 7) is 3.60. The van der Waals surface area contributed by atoms with E-state index >= 15 is 0 Å². The van der Waals surface area contributed by atoms with E-state index < -0.39 is 15.8 Å². The second kappa shape index (κ2) is 9.05. The second-order valence-electron chi connectivity index (χ2n) is 7.66. The van der Waals surface area contributed by atoms with Crippen molar-refractivity contribution in [2.75, 3.05) is 11.9 Å². The first kappa shape index (κ1) is 21.5. The van der Waals surface area contributed by atoms with Crippen LogP contribution >= 0.6 is 0 Å². The highest BCUT2D eigenvalue weighted by Gasteiger charge is 2.34. The van der Waals surface area contributed by atoms with E-state index in [1.807, 2.05) is 32.0 Å². The van der Waals surface area contributed by atoms with Crippen LogP contribution in [0.4, 0.5) is 10.1 Å². The maximum absolute atomic E-state index is 13.3. The number of carbonyl (C=O) groups excluding carboxylic acids is 1. The Morgan fingerprint density at radius 3 is 2.34 bits per heavy atom. The van der Waals surface area contributed by atoms with E-state index in [2.05, 4.69) is 5.32 Å². The molecule has 0 heterocycles. The number of amides is 1. The zero-order valence-corrected chi connectivity index (χ0v) is 17.6. The standard InChI is InChI=1S/C22H27FN2O3S/c1-16-8-13-21(17(2)14-16)24-22(26)15-25(19-6-4-3-5-7-19)29(27,28)20-11-9-18(23)10-12-20/h8-14,19H,3-7,15H2,1-2H3,(H,24,26). The lowest BCUT2D eigenvalue weighted by Crippen LogP contribution is -2.45. The first-order chi connectivity index (χ1) is 13.8. The molecular weight excluding hydrogens is 391 g/mol. The Morgan fingerprint density at radius 2 is 1.72 bits per heavy atom. The van der Waals surface area contributed by atoms with E-state index in [-0.39, 0.29) is 23.4 Å². The number of rotatable bonds is 6. The van der Waals surface area contributed by atoms with Crippen molar-refractivity contribution in [1.29, 1.82) is 0 Å². The van der Waals surface area contributed by atoms with Crippen LogP contribution in [0.15, 0.2) is 47.4 Å². The average molecular weight is 419 g/mol. The molecule has 0 spiro atoms. The first-order valence-corrected chi connectivity index (χ1v) is 11.4. The van der Waals surface area contributed by atoms with E-state index in [4.69, 9.17) is 0 Å². The highest BCUT2D eigenvalue weighted by atomic mass is 32.2. The minimum Gasteiger partial charge on any atom is -0.325 e. The predicted molar refractivity (Wildman–Crippen MR) is 112 cm³/mol. The molecule has 1 N–H and O–H groups in total. The first-order valence-electron chi connectivity index (χ1n) is 9.92. The van der Waals surface area contributed by atoms with Crippen LogP contribution in [0.3, 0.4) is 0 Å². The second-order valence-corrected chi connectivity index (χ2v) is 9.55. The number of sulfonamides is 1. The van der Waals surface area contributed by atoms with E-state index in [0.717, 1.165) is 55.4 Å². The number of nitrogens with zero attached hydrogens (tertiary/aromatic N) is 1. The van der Waals surface area contributed by atoms with Crippen LogP contribution in [0.2, 0.25) is 0 Å². The molecule has 1 aliphatic carbocycles. The number of halogens is 1. The molecule has 2 aromatic carbocycles. The fourth-order valence-electron chi connectivity index (χ4n) is 3.81. The molecule has 2 aromatic rings. The van der Waals surface area contributed by atoms with Gasteiger partial charge in [-0.25, -0.2) is 12.8 Å². The van der Waals surface area contributed by atoms with Crippen molar-refractivity contribution in [3.63, 3.8) is 0 Å². The Balaban J connectivity index is 1.85. The van der Waals surface area contributed by atoms with Gasteiger partial charge in [0.1, 0.15) is 5.82 Å². The minimum absolute atomic E-state index is 0.00351. The summed E-state index contributed by atoms with van der Waals surface area (Å²) >= 11 is 0. The van der Waals surface area contributed by atoms with Gasteiger partial charge in [0.2, 0.25) is 15.9 Å². The molecule has 5 nitrogen and oxygen atoms in total. The topological polar surface area (TPSA) is 66.5 Å². The summed E-state index contributed by atoms with van der Waals surface area (Å²) in [5, 5.41) is 2.83. The average Bonchev–Trinajstić information content (AvgIpc) is 2.69. The Bertz CT molecular complexity index is 968. The van der Waals surface area contributed by atoms with E-state index in [1.54, 1.807) is 0 Å². The van der Waals surface area contributed by atoms with Crippen molar-refractivity contribution in [2.24, 2.45) is 0 Å². The molecule has 0 aliphatic heterocycles. The molecule has 1 fully saturated rings. The Kier molecular flexibility index (Phi) is 6.70. The molecule has 156 valence electrons. The lowest BCUT2D eigenvalue weighted by molar-refractivity contribution is -0.116. The van der Waals surface area contributed by atoms with E-state index in [9.17, 15) is 17.6 Å². The number of hydrogen-bond acceptors (Lipinski definition) is 3. The number of nitrogens with one attached hydrogen (secondary N) is 1. The molecule has 0 unspecified atom stereocenters. The van der Waals surface area contributed by atoms with Crippen molar-refractivity contribution in [2.45, 2.75) is 56.9 Å². The van der Waals surface area contributed by atoms with Gasteiger partial charge in [0.15, 0.2) is 0 Å². The lowest BCUT2D eigenvalue weighted by atomic mass is 9.95. The predicted octanol–water partition coefficient (Wildman–Crippen LogP) is 4.40. The summed E-state index contributed by atoms with van der Waals surface area (Å²) in [6.07, 6.45) is 4.36. The molecule has 1 saturated carbocycles. The summed E-state index contributed by atoms with van der Waals surface area (Å²) in [6, 6.07) is 10.2. The number of aryl methyl sites for hydroxylation is 2. The third-order valence-electron chi connectivity index (χ3n) is 5.36. The van der Waals surface area contributed by atoms with Crippen LogP contribution in [0.25, 0.3) is 0 Å². The highest BCUT2D eigenvalue weighted by Crippen LogP contribution is 2.28. The van der Waals surface area contributed by atoms with Crippen molar-refractivity contribution >= 4 is 21.6 Å². The van der Waals surface area contributed by atoms with Gasteiger partial charge in [0.25, 0.3) is 0 Å². The fourth-order valence-corrected chi connectivity index (χ4v) is 5.45. The molecule has 29 heavy (non-hydrogen) atoms. The van der Waals surface area contributed by atoms with Crippen molar-refractivity contribution in [3.8, 4) is 0 Å². The third kappa shape index (κ3) is 5.22. The molecule has 0 bridgehead atoms. The van der Waals surface area contributed by atoms with Crippen molar-refractivity contribution in [3.05, 3.63) is 59.4 Å². The molecule has 3 rings (SSSR count). The van der Waals surface area contributed by atoms with Crippen molar-refractivity contribution in [1.82, 2.24) is 4.31 Å². The normalized spacial score (nSPS) is 15.4. The SMILES string of the molecule is Cc1ccc(NC(=O)CN(C2CCCCC2)S(=O)(=O)c2ccc(F)cc2)c(C)c1. The molecule has 1 amide bonds. The Morgan fingerprint density at radius 1 is 1.07 bits per heavy atom. The van der Waals surface area contributed by atoms with Gasteiger partial charge in [-0.3, -0.25) is 4.79 Å². The number of benzene rings is 2. The van der Waals surface area contributed by atoms with Gasteiger partial charge >= 0.3 is 0 Å². The van der Waals surface area contributed by atoms with E-state index in [0.29, 0.717) is 5.69 Å². The van der Waals surface area contributed by atoms with Gasteiger partial charge < -0.3 is 5.32 Å². The van der Waals surface area contributed by atoms with Gasteiger partial charge in [-0.15, -0.1) is 0 Å². The fraction of sp³-hybridized carbons (Fsp3) is 0.409. The van der Waals surface area contributed by atoms with E-state index in [1.165, 1.54) is 16.4 Å². The largest absolute Gasteiger partial charge is 0.325 e. The molecule has 7 heteroatoms. The van der Waals surface area contributed by atoms with Crippen LogP contribution in [-0.2, 0) is 14.8 Å². The Hall–Kier alpha value is -2.25. The van der Waals surface area contributed by atoms with Gasteiger partial charge in [-0.2, -0.15) is 4.31 Å². The molecule has 0 saturated heterocycles. The highest BCUT2D eigenvalue weighted by molar-refractivity contribution is 7.89. The van der Waals surface area contributed by atoms with Crippen LogP contribution < -0.4 is 5.32 Å². The smallest absolute Gasteiger partial charge is 0.243 e. The summed E-state index contributed by atoms with van der Waals surface area (Å²) < 4.78 is 41.1. The quantitative estimate of drug-likeness (QED) is 0.756. The summed E-state index contributed by atoms with van der Waals surface area (Å²) in [7, 11) is -3.92. The maximum atomic E-state index is 13.3. The molecule has 0 aromatic heterocycles. The number of anilines is 1. The summed E-state index contributed by atoms with van der Waals surface area (Å²) in [5.41, 5.74) is 2.68. The van der Waals surface area contributed by atoms with Crippen LogP contribution in [0, 0.1) is 19.7 Å². The molecular formula is C22H27FN2O3S. The summed E-state index contributed by atoms with van der Waals surface area (Å²) in [5.74, 6) is -0.881. The van der Waals surface area contributed by atoms with Gasteiger partial charge in [-0.1, -0.05) is 37.0 Å². The van der Waals surface area contributed by atoms with Crippen molar-refractivity contribution < 1.29 is 17.6 Å². The lowest BCUT2D eigenvalue weighted by Gasteiger charge is -2.33. The molecule has 0 radical (unpaired) electrons. The monoisotopic (exact) mass is 418 g/mol. The zero-order valence-electron chi connectivity index (χ0n) is 16.8. The Labute approximate surface area is 172 Å². The van der Waals surface area contributed by atoms with Crippen LogP contribution in [0.5, 0.6) is 0 Å². The van der Waals surface area contributed by atoms with Crippen LogP contribution in [0.1, 0.15) is 43.2 Å². The van der Waals surface area contributed by atoms with Crippen LogP contribution in [-0.4, -0.2) is 31.2 Å². The van der Waals surface area contributed by atoms with Gasteiger partial charge in [0.05, 0.1) is 11.4 Å². The minimum atomic E-state index is -3.92. The maximum Gasteiger partial charge on any atom is 0.243 e. The van der Waals surface area contributed by atoms with Gasteiger partial charge in [0, 0.05) is 11.7 Å². The molecule has 1 aliphatic rings. The third-order valence-corrected chi connectivity index (χ3v) is 7.27. The molecule has 0 atom stereocenters. The van der Waals surface area contributed by atoms with Gasteiger partial charge in [-0.05, 0) is 62.6 Å². The summed E-state index contributed by atoms with van der Waals surface area (Å²) in [4.78, 5) is 12.8.